The third-order valence-corrected chi connectivity index (χ3v) is 7.67. The van der Waals surface area contributed by atoms with Gasteiger partial charge in [0.15, 0.2) is 0 Å². The maximum atomic E-state index is 12.6. The van der Waals surface area contributed by atoms with Gasteiger partial charge in [-0.1, -0.05) is 13.8 Å². The van der Waals surface area contributed by atoms with Crippen LogP contribution in [0.1, 0.15) is 46.0 Å². The van der Waals surface area contributed by atoms with E-state index in [-0.39, 0.29) is 24.5 Å². The van der Waals surface area contributed by atoms with Gasteiger partial charge in [0, 0.05) is 19.3 Å². The van der Waals surface area contributed by atoms with Crippen LogP contribution in [-0.2, 0) is 24.4 Å². The Labute approximate surface area is 123 Å². The summed E-state index contributed by atoms with van der Waals surface area (Å²) in [4.78, 5) is 35.8. The van der Waals surface area contributed by atoms with Gasteiger partial charge >= 0.3 is 0 Å². The largest absolute Gasteiger partial charge is 0.299 e. The smallest absolute Gasteiger partial charge is 0.245 e. The monoisotopic (exact) mass is 313 g/mol. The number of Topliss-reactive ketones (excluding diaryl/α,β-unsaturated/α-hetero) is 1. The molecule has 3 fully saturated rings. The number of imide groups is 1. The Morgan fingerprint density at radius 2 is 1.71 bits per heavy atom. The molecule has 2 saturated carbocycles. The molecule has 1 heterocycles. The van der Waals surface area contributed by atoms with Crippen molar-refractivity contribution in [2.45, 2.75) is 46.0 Å². The minimum absolute atomic E-state index is 0.0357. The first-order valence-electron chi connectivity index (χ1n) is 7.24. The van der Waals surface area contributed by atoms with Crippen molar-refractivity contribution in [1.29, 1.82) is 0 Å². The van der Waals surface area contributed by atoms with Crippen LogP contribution in [0, 0.1) is 16.7 Å². The molecule has 0 radical (unpaired) electrons. The van der Waals surface area contributed by atoms with E-state index in [0.29, 0.717) is 17.1 Å². The predicted octanol–water partition coefficient (Wildman–Crippen LogP) is 0.861. The Kier molecular flexibility index (Phi) is 2.90. The van der Waals surface area contributed by atoms with E-state index in [2.05, 4.69) is 0 Å². The highest BCUT2D eigenvalue weighted by Crippen LogP contribution is 2.64. The van der Waals surface area contributed by atoms with E-state index in [0.717, 1.165) is 6.42 Å². The summed E-state index contributed by atoms with van der Waals surface area (Å²) >= 11 is 0. The number of ketones is 1. The third-order valence-electron chi connectivity index (χ3n) is 5.85. The Morgan fingerprint density at radius 1 is 1.14 bits per heavy atom. The van der Waals surface area contributed by atoms with E-state index in [1.807, 2.05) is 13.8 Å². The highest BCUT2D eigenvalue weighted by atomic mass is 32.2. The second-order valence-electron chi connectivity index (χ2n) is 6.97. The second-order valence-corrected chi connectivity index (χ2v) is 8.79. The topological polar surface area (TPSA) is 88.6 Å². The number of rotatable bonds is 3. The zero-order chi connectivity index (χ0) is 15.6. The molecule has 0 spiro atoms. The molecule has 3 aliphatic rings. The van der Waals surface area contributed by atoms with Gasteiger partial charge < -0.3 is 0 Å². The van der Waals surface area contributed by atoms with Crippen molar-refractivity contribution in [2.75, 3.05) is 5.75 Å². The number of hydrogen-bond acceptors (Lipinski definition) is 5. The van der Waals surface area contributed by atoms with Crippen molar-refractivity contribution in [3.8, 4) is 0 Å². The summed E-state index contributed by atoms with van der Waals surface area (Å²) in [5, 5.41) is 0. The SMILES string of the molecule is CC1(C)C2CCC1(CS(=O)(=O)N1C(=O)CCC1=O)C(=O)C2. The molecule has 2 bridgehead atoms. The quantitative estimate of drug-likeness (QED) is 0.721. The average molecular weight is 313 g/mol. The number of carbonyl (C=O) groups excluding carboxylic acids is 3. The van der Waals surface area contributed by atoms with Crippen molar-refractivity contribution in [3.05, 3.63) is 0 Å². The fourth-order valence-corrected chi connectivity index (χ4v) is 6.58. The summed E-state index contributed by atoms with van der Waals surface area (Å²) in [5.41, 5.74) is -1.34. The molecule has 0 N–H and O–H groups in total. The number of carbonyl (C=O) groups is 3. The Bertz CT molecular complexity index is 634. The van der Waals surface area contributed by atoms with Crippen LogP contribution < -0.4 is 0 Å². The van der Waals surface area contributed by atoms with E-state index >= 15 is 0 Å². The fraction of sp³-hybridized carbons (Fsp3) is 0.786. The standard InChI is InChI=1S/C14H19NO5S/c1-13(2)9-5-6-14(13,10(16)7-9)8-21(19,20)15-11(17)3-4-12(15)18/h9H,3-8H2,1-2H3. The number of sulfonamides is 1. The van der Waals surface area contributed by atoms with Gasteiger partial charge in [-0.05, 0) is 24.2 Å². The van der Waals surface area contributed by atoms with Crippen LogP contribution in [0.5, 0.6) is 0 Å². The van der Waals surface area contributed by atoms with Gasteiger partial charge in [-0.25, -0.2) is 8.42 Å². The molecule has 6 nitrogen and oxygen atoms in total. The molecule has 1 saturated heterocycles. The molecule has 2 atom stereocenters. The number of nitrogens with zero attached hydrogens (tertiary/aromatic N) is 1. The van der Waals surface area contributed by atoms with Crippen molar-refractivity contribution in [1.82, 2.24) is 4.31 Å². The van der Waals surface area contributed by atoms with Crippen LogP contribution in [0.4, 0.5) is 0 Å². The van der Waals surface area contributed by atoms with Gasteiger partial charge in [0.2, 0.25) is 21.8 Å². The number of amides is 2. The first-order chi connectivity index (χ1) is 9.62. The molecule has 2 amide bonds. The summed E-state index contributed by atoms with van der Waals surface area (Å²) in [6.07, 6.45) is 1.63. The molecule has 116 valence electrons. The number of fused-ring (bicyclic) bond motifs is 2. The number of hydrogen-bond donors (Lipinski definition) is 0. The van der Waals surface area contributed by atoms with Crippen molar-refractivity contribution < 1.29 is 22.8 Å². The highest BCUT2D eigenvalue weighted by molar-refractivity contribution is 7.90. The van der Waals surface area contributed by atoms with Gasteiger partial charge in [0.05, 0.1) is 11.2 Å². The molecular weight excluding hydrogens is 294 g/mol. The van der Waals surface area contributed by atoms with Gasteiger partial charge in [-0.3, -0.25) is 14.4 Å². The Morgan fingerprint density at radius 3 is 2.14 bits per heavy atom. The lowest BCUT2D eigenvalue weighted by Crippen LogP contribution is -2.47. The molecule has 0 aromatic rings. The van der Waals surface area contributed by atoms with E-state index < -0.39 is 38.4 Å². The normalized spacial score (nSPS) is 35.0. The highest BCUT2D eigenvalue weighted by Gasteiger charge is 2.66. The molecule has 3 rings (SSSR count). The van der Waals surface area contributed by atoms with Gasteiger partial charge in [-0.2, -0.15) is 4.31 Å². The minimum Gasteiger partial charge on any atom is -0.299 e. The lowest BCUT2D eigenvalue weighted by atomic mass is 9.70. The van der Waals surface area contributed by atoms with Crippen LogP contribution in [0.15, 0.2) is 0 Å². The first-order valence-corrected chi connectivity index (χ1v) is 8.85. The van der Waals surface area contributed by atoms with Crippen LogP contribution in [0.25, 0.3) is 0 Å². The summed E-state index contributed by atoms with van der Waals surface area (Å²) < 4.78 is 25.5. The molecule has 0 aromatic carbocycles. The Balaban J connectivity index is 1.98. The van der Waals surface area contributed by atoms with Crippen LogP contribution in [0.3, 0.4) is 0 Å². The van der Waals surface area contributed by atoms with E-state index in [1.165, 1.54) is 0 Å². The lowest BCUT2D eigenvalue weighted by molar-refractivity contribution is -0.133. The van der Waals surface area contributed by atoms with Crippen LogP contribution >= 0.6 is 0 Å². The van der Waals surface area contributed by atoms with Gasteiger partial charge in [0.25, 0.3) is 0 Å². The molecule has 2 unspecified atom stereocenters. The van der Waals surface area contributed by atoms with Crippen molar-refractivity contribution in [2.24, 2.45) is 16.7 Å². The first kappa shape index (κ1) is 14.7. The zero-order valence-corrected chi connectivity index (χ0v) is 13.0. The Hall–Kier alpha value is -1.24. The van der Waals surface area contributed by atoms with Crippen LogP contribution in [0.2, 0.25) is 0 Å². The van der Waals surface area contributed by atoms with Crippen LogP contribution in [-0.4, -0.2) is 36.1 Å². The lowest BCUT2D eigenvalue weighted by Gasteiger charge is -2.36. The van der Waals surface area contributed by atoms with Gasteiger partial charge in [0.1, 0.15) is 5.78 Å². The average Bonchev–Trinajstić information content (AvgIpc) is 2.87. The van der Waals surface area contributed by atoms with Crippen molar-refractivity contribution in [3.63, 3.8) is 0 Å². The zero-order valence-electron chi connectivity index (χ0n) is 12.2. The molecule has 1 aliphatic heterocycles. The minimum atomic E-state index is -4.08. The van der Waals surface area contributed by atoms with Crippen molar-refractivity contribution >= 4 is 27.6 Å². The summed E-state index contributed by atoms with van der Waals surface area (Å²) in [5.74, 6) is -1.60. The molecule has 2 aliphatic carbocycles. The predicted molar refractivity (Wildman–Crippen MR) is 73.4 cm³/mol. The molecule has 21 heavy (non-hydrogen) atoms. The maximum absolute atomic E-state index is 12.6. The van der Waals surface area contributed by atoms with E-state index in [9.17, 15) is 22.8 Å². The summed E-state index contributed by atoms with van der Waals surface area (Å²) in [6, 6.07) is 0. The second kappa shape index (κ2) is 4.15. The molecular formula is C14H19NO5S. The fourth-order valence-electron chi connectivity index (χ4n) is 4.35. The third kappa shape index (κ3) is 1.76. The maximum Gasteiger partial charge on any atom is 0.245 e. The van der Waals surface area contributed by atoms with Gasteiger partial charge in [-0.15, -0.1) is 0 Å². The molecule has 7 heteroatoms. The van der Waals surface area contributed by atoms with E-state index in [4.69, 9.17) is 0 Å². The van der Waals surface area contributed by atoms with E-state index in [1.54, 1.807) is 0 Å². The summed E-state index contributed by atoms with van der Waals surface area (Å²) in [6.45, 7) is 3.86. The summed E-state index contributed by atoms with van der Waals surface area (Å²) in [7, 11) is -4.08. The molecule has 0 aromatic heterocycles.